The first-order valence-corrected chi connectivity index (χ1v) is 11.2. The first-order valence-electron chi connectivity index (χ1n) is 11.2. The molecule has 162 valence electrons. The highest BCUT2D eigenvalue weighted by molar-refractivity contribution is 5.68. The molecule has 1 saturated heterocycles. The Bertz CT molecular complexity index is 668. The Balaban J connectivity index is 1.63. The average molecular weight is 402 g/mol. The smallest absolute Gasteiger partial charge is 0.410 e. The summed E-state index contributed by atoms with van der Waals surface area (Å²) in [6.45, 7) is 9.33. The number of piperidine rings is 1. The van der Waals surface area contributed by atoms with E-state index in [1.807, 2.05) is 32.6 Å². The van der Waals surface area contributed by atoms with E-state index in [9.17, 15) is 4.79 Å². The Hall–Kier alpha value is -1.59. The largest absolute Gasteiger partial charge is 0.444 e. The minimum atomic E-state index is -0.437. The van der Waals surface area contributed by atoms with E-state index in [4.69, 9.17) is 10.5 Å². The van der Waals surface area contributed by atoms with Gasteiger partial charge in [0.2, 0.25) is 0 Å². The maximum atomic E-state index is 12.4. The number of rotatable bonds is 6. The van der Waals surface area contributed by atoms with Crippen LogP contribution in [-0.2, 0) is 4.74 Å². The van der Waals surface area contributed by atoms with Gasteiger partial charge in [-0.25, -0.2) is 4.79 Å². The number of benzene rings is 1. The molecule has 0 spiro atoms. The van der Waals surface area contributed by atoms with E-state index >= 15 is 0 Å². The molecule has 5 heteroatoms. The first kappa shape index (κ1) is 22.1. The molecule has 1 aromatic carbocycles. The summed E-state index contributed by atoms with van der Waals surface area (Å²) in [6.07, 6.45) is 5.75. The van der Waals surface area contributed by atoms with Gasteiger partial charge >= 0.3 is 6.09 Å². The summed E-state index contributed by atoms with van der Waals surface area (Å²) in [5.74, 6) is 0.859. The van der Waals surface area contributed by atoms with Crippen LogP contribution >= 0.6 is 0 Å². The molecule has 1 unspecified atom stereocenters. The Labute approximate surface area is 176 Å². The van der Waals surface area contributed by atoms with Crippen LogP contribution in [0.1, 0.15) is 83.0 Å². The predicted molar refractivity (Wildman–Crippen MR) is 118 cm³/mol. The Kier molecular flexibility index (Phi) is 6.90. The van der Waals surface area contributed by atoms with Crippen molar-refractivity contribution in [3.05, 3.63) is 35.4 Å². The van der Waals surface area contributed by atoms with Gasteiger partial charge in [0.05, 0.1) is 0 Å². The molecular weight excluding hydrogens is 362 g/mol. The van der Waals surface area contributed by atoms with Crippen LogP contribution in [0.2, 0.25) is 0 Å². The summed E-state index contributed by atoms with van der Waals surface area (Å²) in [7, 11) is 2.26. The molecule has 1 aliphatic heterocycles. The number of hydrogen-bond acceptors (Lipinski definition) is 4. The van der Waals surface area contributed by atoms with Crippen LogP contribution in [-0.4, -0.2) is 47.7 Å². The molecule has 2 atom stereocenters. The number of carbonyl (C=O) groups excluding carboxylic acids is 1. The zero-order chi connectivity index (χ0) is 21.2. The lowest BCUT2D eigenvalue weighted by atomic mass is 9.94. The standard InChI is InChI=1S/C24H39N3O2/c1-17(25)19-8-10-20(11-9-19)22(16-18-6-7-18)26(5)21-12-14-27(15-13-21)23(28)29-24(2,3)4/h8-11,17-18,21-22H,6-7,12-16,25H2,1-5H3/t17-,22?/m0/s1. The molecule has 2 fully saturated rings. The second-order valence-electron chi connectivity index (χ2n) is 10.0. The van der Waals surface area contributed by atoms with E-state index in [1.165, 1.54) is 30.4 Å². The molecule has 1 aliphatic carbocycles. The van der Waals surface area contributed by atoms with E-state index in [2.05, 4.69) is 36.2 Å². The van der Waals surface area contributed by atoms with Gasteiger partial charge in [0, 0.05) is 31.2 Å². The number of hydrogen-bond donors (Lipinski definition) is 1. The van der Waals surface area contributed by atoms with Gasteiger partial charge in [0.15, 0.2) is 0 Å². The lowest BCUT2D eigenvalue weighted by Gasteiger charge is -2.41. The van der Waals surface area contributed by atoms with Gasteiger partial charge in [-0.1, -0.05) is 37.1 Å². The Morgan fingerprint density at radius 1 is 1.14 bits per heavy atom. The highest BCUT2D eigenvalue weighted by Gasteiger charge is 2.34. The van der Waals surface area contributed by atoms with Crippen molar-refractivity contribution in [2.45, 2.75) is 83.5 Å². The number of likely N-dealkylation sites (tertiary alicyclic amines) is 1. The van der Waals surface area contributed by atoms with Gasteiger partial charge in [0.1, 0.15) is 5.60 Å². The van der Waals surface area contributed by atoms with Gasteiger partial charge in [-0.2, -0.15) is 0 Å². The zero-order valence-corrected chi connectivity index (χ0v) is 18.9. The molecule has 2 N–H and O–H groups in total. The van der Waals surface area contributed by atoms with Crippen molar-refractivity contribution in [3.8, 4) is 0 Å². The second kappa shape index (κ2) is 9.05. The molecule has 1 aromatic rings. The maximum Gasteiger partial charge on any atom is 0.410 e. The monoisotopic (exact) mass is 401 g/mol. The van der Waals surface area contributed by atoms with E-state index in [0.29, 0.717) is 12.1 Å². The molecule has 5 nitrogen and oxygen atoms in total. The summed E-state index contributed by atoms with van der Waals surface area (Å²) in [6, 6.07) is 9.88. The minimum absolute atomic E-state index is 0.0702. The zero-order valence-electron chi connectivity index (χ0n) is 18.9. The summed E-state index contributed by atoms with van der Waals surface area (Å²) >= 11 is 0. The maximum absolute atomic E-state index is 12.4. The van der Waals surface area contributed by atoms with Crippen molar-refractivity contribution < 1.29 is 9.53 Å². The van der Waals surface area contributed by atoms with Crippen LogP contribution in [0, 0.1) is 5.92 Å². The molecule has 1 heterocycles. The van der Waals surface area contributed by atoms with Crippen molar-refractivity contribution in [3.63, 3.8) is 0 Å². The number of nitrogens with zero attached hydrogens (tertiary/aromatic N) is 2. The van der Waals surface area contributed by atoms with Crippen molar-refractivity contribution in [1.29, 1.82) is 0 Å². The average Bonchev–Trinajstić information content (AvgIpc) is 3.49. The second-order valence-corrected chi connectivity index (χ2v) is 10.0. The summed E-state index contributed by atoms with van der Waals surface area (Å²) < 4.78 is 5.54. The van der Waals surface area contributed by atoms with E-state index < -0.39 is 5.60 Å². The van der Waals surface area contributed by atoms with Crippen LogP contribution in [0.4, 0.5) is 4.79 Å². The van der Waals surface area contributed by atoms with Crippen molar-refractivity contribution in [2.24, 2.45) is 11.7 Å². The summed E-state index contributed by atoms with van der Waals surface area (Å²) in [4.78, 5) is 16.8. The highest BCUT2D eigenvalue weighted by atomic mass is 16.6. The summed E-state index contributed by atoms with van der Waals surface area (Å²) in [5.41, 5.74) is 8.17. The molecule has 0 bridgehead atoms. The third-order valence-corrected chi connectivity index (χ3v) is 6.28. The lowest BCUT2D eigenvalue weighted by Crippen LogP contribution is -2.47. The topological polar surface area (TPSA) is 58.8 Å². The SMILES string of the molecule is C[C@H](N)c1ccc(C(CC2CC2)N(C)C2CCN(C(=O)OC(C)(C)C)CC2)cc1. The fourth-order valence-corrected chi connectivity index (χ4v) is 4.27. The molecule has 3 rings (SSSR count). The highest BCUT2D eigenvalue weighted by Crippen LogP contribution is 2.41. The van der Waals surface area contributed by atoms with Gasteiger partial charge < -0.3 is 15.4 Å². The number of amides is 1. The van der Waals surface area contributed by atoms with Crippen LogP contribution < -0.4 is 5.73 Å². The molecule has 0 aromatic heterocycles. The first-order chi connectivity index (χ1) is 13.6. The molecule has 1 amide bonds. The van der Waals surface area contributed by atoms with Gasteiger partial charge in [-0.15, -0.1) is 0 Å². The van der Waals surface area contributed by atoms with E-state index in [1.54, 1.807) is 0 Å². The molecule has 1 saturated carbocycles. The van der Waals surface area contributed by atoms with Crippen molar-refractivity contribution in [1.82, 2.24) is 9.80 Å². The van der Waals surface area contributed by atoms with Crippen LogP contribution in [0.5, 0.6) is 0 Å². The Morgan fingerprint density at radius 3 is 2.17 bits per heavy atom. The number of nitrogens with two attached hydrogens (primary N) is 1. The fourth-order valence-electron chi connectivity index (χ4n) is 4.27. The van der Waals surface area contributed by atoms with Gasteiger partial charge in [0.25, 0.3) is 0 Å². The molecule has 2 aliphatic rings. The van der Waals surface area contributed by atoms with Crippen molar-refractivity contribution >= 4 is 6.09 Å². The minimum Gasteiger partial charge on any atom is -0.444 e. The lowest BCUT2D eigenvalue weighted by molar-refractivity contribution is 0.0128. The molecule has 0 radical (unpaired) electrons. The molecular formula is C24H39N3O2. The van der Waals surface area contributed by atoms with E-state index in [-0.39, 0.29) is 12.1 Å². The third-order valence-electron chi connectivity index (χ3n) is 6.28. The predicted octanol–water partition coefficient (Wildman–Crippen LogP) is 4.88. The third kappa shape index (κ3) is 6.19. The van der Waals surface area contributed by atoms with Gasteiger partial charge in [-0.05, 0) is 71.0 Å². The van der Waals surface area contributed by atoms with Crippen LogP contribution in [0.3, 0.4) is 0 Å². The molecule has 29 heavy (non-hydrogen) atoms. The quantitative estimate of drug-likeness (QED) is 0.738. The fraction of sp³-hybridized carbons (Fsp3) is 0.708. The normalized spacial score (nSPS) is 20.6. The summed E-state index contributed by atoms with van der Waals surface area (Å²) in [5, 5.41) is 0. The number of ether oxygens (including phenoxy) is 1. The van der Waals surface area contributed by atoms with Crippen molar-refractivity contribution in [2.75, 3.05) is 20.1 Å². The number of carbonyl (C=O) groups is 1. The van der Waals surface area contributed by atoms with E-state index in [0.717, 1.165) is 31.8 Å². The van der Waals surface area contributed by atoms with Gasteiger partial charge in [-0.3, -0.25) is 4.90 Å². The Morgan fingerprint density at radius 2 is 1.69 bits per heavy atom. The van der Waals surface area contributed by atoms with Crippen LogP contribution in [0.25, 0.3) is 0 Å². The van der Waals surface area contributed by atoms with Crippen LogP contribution in [0.15, 0.2) is 24.3 Å².